The third kappa shape index (κ3) is 2.84. The largest absolute Gasteiger partial charge is 0.396 e. The van der Waals surface area contributed by atoms with Crippen molar-refractivity contribution in [3.05, 3.63) is 17.8 Å². The van der Waals surface area contributed by atoms with Crippen LogP contribution in [0.2, 0.25) is 0 Å². The highest BCUT2D eigenvalue weighted by atomic mass is 16.3. The molecule has 0 fully saturated rings. The molecule has 0 aliphatic rings. The van der Waals surface area contributed by atoms with Crippen LogP contribution in [0, 0.1) is 11.3 Å². The van der Waals surface area contributed by atoms with Gasteiger partial charge in [0.05, 0.1) is 12.3 Å². The van der Waals surface area contributed by atoms with E-state index in [1.54, 1.807) is 12.1 Å². The number of pyridine rings is 1. The Labute approximate surface area is 95.1 Å². The highest BCUT2D eigenvalue weighted by Gasteiger charge is 2.08. The van der Waals surface area contributed by atoms with E-state index in [4.69, 9.17) is 16.1 Å². The Bertz CT molecular complexity index is 380. The first-order chi connectivity index (χ1) is 7.72. The van der Waals surface area contributed by atoms with Crippen LogP contribution in [-0.2, 0) is 0 Å². The van der Waals surface area contributed by atoms with Gasteiger partial charge in [-0.15, -0.1) is 0 Å². The number of anilines is 2. The lowest BCUT2D eigenvalue weighted by Gasteiger charge is -2.22. The van der Waals surface area contributed by atoms with Gasteiger partial charge in [-0.3, -0.25) is 0 Å². The van der Waals surface area contributed by atoms with Crippen molar-refractivity contribution in [3.8, 4) is 6.07 Å². The van der Waals surface area contributed by atoms with Crippen molar-refractivity contribution in [2.45, 2.75) is 13.3 Å². The zero-order chi connectivity index (χ0) is 12.0. The molecule has 1 rings (SSSR count). The molecular weight excluding hydrogens is 204 g/mol. The lowest BCUT2D eigenvalue weighted by atomic mass is 10.3. The van der Waals surface area contributed by atoms with E-state index in [-0.39, 0.29) is 12.3 Å². The van der Waals surface area contributed by atoms with Crippen molar-refractivity contribution < 1.29 is 5.11 Å². The quantitative estimate of drug-likeness (QED) is 0.764. The summed E-state index contributed by atoms with van der Waals surface area (Å²) >= 11 is 0. The van der Waals surface area contributed by atoms with Gasteiger partial charge in [-0.2, -0.15) is 5.26 Å². The fourth-order valence-electron chi connectivity index (χ4n) is 1.46. The second-order valence-corrected chi connectivity index (χ2v) is 3.43. The molecule has 1 aromatic rings. The number of nitrogen functional groups attached to an aromatic ring is 1. The van der Waals surface area contributed by atoms with Gasteiger partial charge in [-0.1, -0.05) is 6.92 Å². The van der Waals surface area contributed by atoms with Crippen LogP contribution in [0.4, 0.5) is 11.5 Å². The normalized spacial score (nSPS) is 9.81. The van der Waals surface area contributed by atoms with E-state index < -0.39 is 0 Å². The number of rotatable bonds is 5. The molecule has 86 valence electrons. The van der Waals surface area contributed by atoms with E-state index in [1.165, 1.54) is 0 Å². The number of nitrogens with two attached hydrogens (primary N) is 1. The first kappa shape index (κ1) is 12.3. The summed E-state index contributed by atoms with van der Waals surface area (Å²) in [4.78, 5) is 6.09. The maximum absolute atomic E-state index is 8.95. The maximum Gasteiger partial charge on any atom is 0.165 e. The van der Waals surface area contributed by atoms with E-state index in [1.807, 2.05) is 17.9 Å². The van der Waals surface area contributed by atoms with Gasteiger partial charge in [0.1, 0.15) is 11.9 Å². The molecule has 0 saturated carbocycles. The molecule has 0 unspecified atom stereocenters. The number of nitrogens with zero attached hydrogens (tertiary/aromatic N) is 3. The average molecular weight is 220 g/mol. The smallest absolute Gasteiger partial charge is 0.165 e. The molecule has 0 bridgehead atoms. The van der Waals surface area contributed by atoms with Crippen molar-refractivity contribution in [2.24, 2.45) is 0 Å². The van der Waals surface area contributed by atoms with Crippen molar-refractivity contribution in [1.82, 2.24) is 4.98 Å². The van der Waals surface area contributed by atoms with Gasteiger partial charge in [0, 0.05) is 13.1 Å². The molecule has 0 amide bonds. The fraction of sp³-hybridized carbons (Fsp3) is 0.455. The van der Waals surface area contributed by atoms with E-state index >= 15 is 0 Å². The average Bonchev–Trinajstić information content (AvgIpc) is 2.29. The Morgan fingerprint density at radius 2 is 2.25 bits per heavy atom. The van der Waals surface area contributed by atoms with Crippen molar-refractivity contribution in [3.63, 3.8) is 0 Å². The minimum absolute atomic E-state index is 0.0634. The minimum Gasteiger partial charge on any atom is -0.396 e. The molecule has 1 heterocycles. The van der Waals surface area contributed by atoms with Crippen LogP contribution in [-0.4, -0.2) is 29.8 Å². The number of aliphatic hydroxyl groups is 1. The maximum atomic E-state index is 8.95. The van der Waals surface area contributed by atoms with Crippen LogP contribution in [0.3, 0.4) is 0 Å². The van der Waals surface area contributed by atoms with Gasteiger partial charge < -0.3 is 15.7 Å². The lowest BCUT2D eigenvalue weighted by Crippen LogP contribution is -2.28. The molecular formula is C11H16N4O. The number of nitriles is 1. The standard InChI is InChI=1S/C11H16N4O/c1-2-5-15(6-7-16)11-4-3-9(13)10(8-12)14-11/h3-4,16H,2,5-7,13H2,1H3. The molecule has 3 N–H and O–H groups in total. The lowest BCUT2D eigenvalue weighted by molar-refractivity contribution is 0.301. The summed E-state index contributed by atoms with van der Waals surface area (Å²) in [6, 6.07) is 5.38. The van der Waals surface area contributed by atoms with Gasteiger partial charge in [-0.25, -0.2) is 4.98 Å². The van der Waals surface area contributed by atoms with E-state index in [2.05, 4.69) is 4.98 Å². The molecule has 5 nitrogen and oxygen atoms in total. The number of aromatic nitrogens is 1. The van der Waals surface area contributed by atoms with E-state index in [0.717, 1.165) is 13.0 Å². The first-order valence-electron chi connectivity index (χ1n) is 5.25. The third-order valence-corrected chi connectivity index (χ3v) is 2.21. The summed E-state index contributed by atoms with van der Waals surface area (Å²) in [5.41, 5.74) is 6.21. The zero-order valence-electron chi connectivity index (χ0n) is 9.35. The van der Waals surface area contributed by atoms with Crippen LogP contribution in [0.25, 0.3) is 0 Å². The topological polar surface area (TPSA) is 86.2 Å². The Kier molecular flexibility index (Phi) is 4.55. The highest BCUT2D eigenvalue weighted by molar-refractivity contribution is 5.55. The van der Waals surface area contributed by atoms with Crippen LogP contribution in [0.5, 0.6) is 0 Å². The van der Waals surface area contributed by atoms with Crippen LogP contribution >= 0.6 is 0 Å². The second kappa shape index (κ2) is 5.93. The summed E-state index contributed by atoms with van der Waals surface area (Å²) in [5.74, 6) is 0.682. The van der Waals surface area contributed by atoms with Crippen molar-refractivity contribution in [1.29, 1.82) is 5.26 Å². The van der Waals surface area contributed by atoms with E-state index in [0.29, 0.717) is 18.1 Å². The molecule has 0 spiro atoms. The molecule has 0 aliphatic heterocycles. The molecule has 0 aliphatic carbocycles. The van der Waals surface area contributed by atoms with Crippen LogP contribution in [0.1, 0.15) is 19.0 Å². The monoisotopic (exact) mass is 220 g/mol. The van der Waals surface area contributed by atoms with Gasteiger partial charge in [0.2, 0.25) is 0 Å². The summed E-state index contributed by atoms with van der Waals surface area (Å²) in [5, 5.41) is 17.8. The summed E-state index contributed by atoms with van der Waals surface area (Å²) < 4.78 is 0. The number of hydrogen-bond donors (Lipinski definition) is 2. The minimum atomic E-state index is 0.0634. The Balaban J connectivity index is 2.96. The first-order valence-corrected chi connectivity index (χ1v) is 5.25. The summed E-state index contributed by atoms with van der Waals surface area (Å²) in [6.07, 6.45) is 0.952. The molecule has 0 atom stereocenters. The van der Waals surface area contributed by atoms with Gasteiger partial charge >= 0.3 is 0 Å². The number of hydrogen-bond acceptors (Lipinski definition) is 5. The Morgan fingerprint density at radius 1 is 1.50 bits per heavy atom. The predicted octanol–water partition coefficient (Wildman–Crippen LogP) is 0.744. The summed E-state index contributed by atoms with van der Waals surface area (Å²) in [6.45, 7) is 3.42. The third-order valence-electron chi connectivity index (χ3n) is 2.21. The SMILES string of the molecule is CCCN(CCO)c1ccc(N)c(C#N)n1. The Hall–Kier alpha value is -1.80. The molecule has 0 saturated heterocycles. The van der Waals surface area contributed by atoms with Gasteiger partial charge in [0.25, 0.3) is 0 Å². The molecule has 5 heteroatoms. The highest BCUT2D eigenvalue weighted by Crippen LogP contribution is 2.16. The van der Waals surface area contributed by atoms with E-state index in [9.17, 15) is 0 Å². The fourth-order valence-corrected chi connectivity index (χ4v) is 1.46. The van der Waals surface area contributed by atoms with Crippen molar-refractivity contribution >= 4 is 11.5 Å². The summed E-state index contributed by atoms with van der Waals surface area (Å²) in [7, 11) is 0. The van der Waals surface area contributed by atoms with Gasteiger partial charge in [0.15, 0.2) is 5.69 Å². The Morgan fingerprint density at radius 3 is 2.81 bits per heavy atom. The molecule has 1 aromatic heterocycles. The predicted molar refractivity (Wildman–Crippen MR) is 63.0 cm³/mol. The second-order valence-electron chi connectivity index (χ2n) is 3.43. The van der Waals surface area contributed by atoms with Crippen LogP contribution in [0.15, 0.2) is 12.1 Å². The van der Waals surface area contributed by atoms with Crippen molar-refractivity contribution in [2.75, 3.05) is 30.3 Å². The molecule has 0 aromatic carbocycles. The van der Waals surface area contributed by atoms with Gasteiger partial charge in [-0.05, 0) is 18.6 Å². The molecule has 16 heavy (non-hydrogen) atoms. The zero-order valence-corrected chi connectivity index (χ0v) is 9.35. The van der Waals surface area contributed by atoms with Crippen LogP contribution < -0.4 is 10.6 Å². The number of aliphatic hydroxyl groups excluding tert-OH is 1. The molecule has 0 radical (unpaired) electrons.